The van der Waals surface area contributed by atoms with Gasteiger partial charge in [-0.3, -0.25) is 19.4 Å². The van der Waals surface area contributed by atoms with Crippen LogP contribution in [0.2, 0.25) is 0 Å². The van der Waals surface area contributed by atoms with Crippen molar-refractivity contribution in [3.63, 3.8) is 0 Å². The largest absolute Gasteiger partial charge is 0.279 e. The van der Waals surface area contributed by atoms with Gasteiger partial charge in [-0.1, -0.05) is 13.8 Å². The number of nitrogens with zero attached hydrogens (tertiary/aromatic N) is 1. The maximum atomic E-state index is 10.2. The van der Waals surface area contributed by atoms with E-state index in [9.17, 15) is 9.59 Å². The molecule has 0 aromatic carbocycles. The summed E-state index contributed by atoms with van der Waals surface area (Å²) >= 11 is 0. The second-order valence-electron chi connectivity index (χ2n) is 1.60. The molecular formula is C6H12NO4P. The summed E-state index contributed by atoms with van der Waals surface area (Å²) in [4.78, 5) is 20.5. The summed E-state index contributed by atoms with van der Waals surface area (Å²) in [6, 6.07) is 0. The Kier molecular flexibility index (Phi) is 9.52. The first kappa shape index (κ1) is 13.8. The van der Waals surface area contributed by atoms with Gasteiger partial charge in [-0.25, -0.2) is 0 Å². The van der Waals surface area contributed by atoms with Gasteiger partial charge in [0.05, 0.1) is 0 Å². The summed E-state index contributed by atoms with van der Waals surface area (Å²) < 4.78 is 8.06. The van der Waals surface area contributed by atoms with Gasteiger partial charge in [-0.15, -0.1) is 0 Å². The van der Waals surface area contributed by atoms with Crippen LogP contribution in [0.1, 0.15) is 26.7 Å². The maximum Gasteiger partial charge on any atom is 0.253 e. The van der Waals surface area contributed by atoms with Crippen molar-refractivity contribution in [1.82, 2.24) is 5.06 Å². The zero-order valence-corrected chi connectivity index (χ0v) is 8.03. The van der Waals surface area contributed by atoms with Crippen LogP contribution in [-0.4, -0.2) is 22.1 Å². The van der Waals surface area contributed by atoms with Crippen LogP contribution in [0.5, 0.6) is 0 Å². The Labute approximate surface area is 72.9 Å². The van der Waals surface area contributed by atoms with Gasteiger partial charge >= 0.3 is 0 Å². The third kappa shape index (κ3) is 4.16. The molecule has 0 aliphatic carbocycles. The molecule has 1 heterocycles. The molecule has 1 N–H and O–H groups in total. The molecule has 1 aliphatic rings. The Morgan fingerprint density at radius 1 is 1.17 bits per heavy atom. The molecule has 0 saturated carbocycles. The van der Waals surface area contributed by atoms with Gasteiger partial charge in [0.1, 0.15) is 9.12 Å². The van der Waals surface area contributed by atoms with Gasteiger partial charge in [0.15, 0.2) is 0 Å². The van der Waals surface area contributed by atoms with Crippen LogP contribution >= 0.6 is 9.12 Å². The Balaban J connectivity index is 0. The van der Waals surface area contributed by atoms with Crippen LogP contribution < -0.4 is 0 Å². The molecule has 70 valence electrons. The van der Waals surface area contributed by atoms with Crippen LogP contribution in [0.15, 0.2) is 0 Å². The van der Waals surface area contributed by atoms with E-state index in [1.165, 1.54) is 0 Å². The minimum atomic E-state index is -0.505. The lowest BCUT2D eigenvalue weighted by Crippen LogP contribution is -2.24. The minimum Gasteiger partial charge on any atom is -0.279 e. The number of imide groups is 1. The lowest BCUT2D eigenvalue weighted by molar-refractivity contribution is -0.171. The maximum absolute atomic E-state index is 10.2. The van der Waals surface area contributed by atoms with E-state index in [0.717, 1.165) is 0 Å². The number of rotatable bonds is 0. The van der Waals surface area contributed by atoms with Crippen molar-refractivity contribution in [2.75, 3.05) is 0 Å². The second-order valence-corrected chi connectivity index (χ2v) is 1.60. The fourth-order valence-electron chi connectivity index (χ4n) is 0.565. The number of carbonyl (C=O) groups excluding carboxylic acids is 2. The predicted molar refractivity (Wildman–Crippen MR) is 43.2 cm³/mol. The lowest BCUT2D eigenvalue weighted by Gasteiger charge is -1.98. The molecule has 0 bridgehead atoms. The van der Waals surface area contributed by atoms with Gasteiger partial charge in [0.25, 0.3) is 11.8 Å². The fraction of sp³-hybridized carbons (Fsp3) is 0.667. The highest BCUT2D eigenvalue weighted by atomic mass is 31.0. The van der Waals surface area contributed by atoms with Crippen LogP contribution in [0.4, 0.5) is 0 Å². The van der Waals surface area contributed by atoms with E-state index >= 15 is 0 Å². The third-order valence-electron chi connectivity index (χ3n) is 1.03. The van der Waals surface area contributed by atoms with Crippen molar-refractivity contribution in [3.8, 4) is 0 Å². The highest BCUT2D eigenvalue weighted by Gasteiger charge is 2.26. The zero-order valence-electron chi connectivity index (χ0n) is 7.03. The molecule has 1 aliphatic heterocycles. The average molecular weight is 193 g/mol. The summed E-state index contributed by atoms with van der Waals surface area (Å²) in [5.41, 5.74) is 0. The Morgan fingerprint density at radius 3 is 1.50 bits per heavy atom. The Bertz CT molecular complexity index is 146. The summed E-state index contributed by atoms with van der Waals surface area (Å²) in [6.45, 7) is 4.00. The van der Waals surface area contributed by atoms with Gasteiger partial charge in [-0.2, -0.15) is 5.06 Å². The molecule has 1 fully saturated rings. The topological polar surface area (TPSA) is 74.7 Å². The quantitative estimate of drug-likeness (QED) is 0.354. The molecule has 0 aromatic heterocycles. The monoisotopic (exact) mass is 193 g/mol. The minimum absolute atomic E-state index is 0.148. The number of amides is 2. The van der Waals surface area contributed by atoms with E-state index in [-0.39, 0.29) is 17.9 Å². The molecule has 1 rings (SSSR count). The van der Waals surface area contributed by atoms with Crippen molar-refractivity contribution < 1.29 is 19.4 Å². The van der Waals surface area contributed by atoms with Gasteiger partial charge in [-0.05, 0) is 0 Å². The number of carbonyl (C=O) groups is 2. The van der Waals surface area contributed by atoms with Crippen molar-refractivity contribution in [2.45, 2.75) is 26.7 Å². The fourth-order valence-corrected chi connectivity index (χ4v) is 0.565. The van der Waals surface area contributed by atoms with Crippen LogP contribution in [0.3, 0.4) is 0 Å². The summed E-state index contributed by atoms with van der Waals surface area (Å²) in [6.07, 6.45) is 0.296. The van der Waals surface area contributed by atoms with E-state index < -0.39 is 11.8 Å². The number of hydrogen-bond acceptors (Lipinski definition) is 4. The first-order chi connectivity index (χ1) is 5.72. The van der Waals surface area contributed by atoms with Crippen molar-refractivity contribution in [2.24, 2.45) is 0 Å². The van der Waals surface area contributed by atoms with E-state index in [1.54, 1.807) is 9.12 Å². The zero-order chi connectivity index (χ0) is 10.1. The molecule has 0 unspecified atom stereocenters. The molecule has 0 radical (unpaired) electrons. The first-order valence-electron chi connectivity index (χ1n) is 3.47. The highest BCUT2D eigenvalue weighted by molar-refractivity contribution is 7.00. The molecule has 2 amide bonds. The van der Waals surface area contributed by atoms with Gasteiger partial charge < -0.3 is 0 Å². The molecular weight excluding hydrogens is 181 g/mol. The summed E-state index contributed by atoms with van der Waals surface area (Å²) in [5, 5.41) is 8.57. The predicted octanol–water partition coefficient (Wildman–Crippen LogP) is 1.03. The van der Waals surface area contributed by atoms with E-state index in [2.05, 4.69) is 0 Å². The summed E-state index contributed by atoms with van der Waals surface area (Å²) in [5.74, 6) is -1.01. The Hall–Kier alpha value is -0.800. The average Bonchev–Trinajstić information content (AvgIpc) is 2.43. The van der Waals surface area contributed by atoms with E-state index in [4.69, 9.17) is 9.77 Å². The smallest absolute Gasteiger partial charge is 0.253 e. The van der Waals surface area contributed by atoms with Crippen molar-refractivity contribution in [1.29, 1.82) is 0 Å². The first-order valence-corrected chi connectivity index (χ1v) is 3.87. The van der Waals surface area contributed by atoms with Gasteiger partial charge in [0.2, 0.25) is 0 Å². The van der Waals surface area contributed by atoms with Crippen molar-refractivity contribution >= 4 is 20.9 Å². The number of hydroxylamine groups is 2. The lowest BCUT2D eigenvalue weighted by atomic mass is 10.4. The van der Waals surface area contributed by atoms with E-state index in [1.807, 2.05) is 13.8 Å². The molecule has 6 heteroatoms. The molecule has 0 aromatic rings. The second kappa shape index (κ2) is 8.30. The molecule has 1 saturated heterocycles. The van der Waals surface area contributed by atoms with Crippen LogP contribution in [-0.2, 0) is 14.2 Å². The van der Waals surface area contributed by atoms with Crippen molar-refractivity contribution in [3.05, 3.63) is 0 Å². The SMILES string of the molecule is CC.O=C1CCC(=O)N1O.O=P. The highest BCUT2D eigenvalue weighted by Crippen LogP contribution is 2.06. The molecule has 5 nitrogen and oxygen atoms in total. The summed E-state index contributed by atoms with van der Waals surface area (Å²) in [7, 11) is 1.72. The molecule has 0 atom stereocenters. The third-order valence-corrected chi connectivity index (χ3v) is 1.03. The normalized spacial score (nSPS) is 14.4. The van der Waals surface area contributed by atoms with Crippen LogP contribution in [0.25, 0.3) is 0 Å². The number of hydrogen-bond donors (Lipinski definition) is 1. The molecule has 0 spiro atoms. The standard InChI is InChI=1S/C4H5NO3.C2H6.HOP/c6-3-1-2-4(7)5(3)8;2*1-2/h8H,1-2H2;1-2H3;2H. The van der Waals surface area contributed by atoms with Crippen LogP contribution in [0, 0.1) is 0 Å². The molecule has 12 heavy (non-hydrogen) atoms. The van der Waals surface area contributed by atoms with Gasteiger partial charge in [0, 0.05) is 12.8 Å². The Morgan fingerprint density at radius 2 is 1.42 bits per heavy atom. The van der Waals surface area contributed by atoms with E-state index in [0.29, 0.717) is 0 Å².